The molecule has 0 bridgehead atoms. The Morgan fingerprint density at radius 2 is 1.95 bits per heavy atom. The molecule has 0 saturated heterocycles. The Kier molecular flexibility index (Phi) is 5.30. The molecule has 1 aromatic rings. The zero-order valence-corrected chi connectivity index (χ0v) is 11.5. The van der Waals surface area contributed by atoms with Crippen LogP contribution in [0.4, 0.5) is 10.1 Å². The van der Waals surface area contributed by atoms with Gasteiger partial charge in [0.2, 0.25) is 5.91 Å². The van der Waals surface area contributed by atoms with E-state index < -0.39 is 11.4 Å². The number of anilines is 1. The fourth-order valence-corrected chi connectivity index (χ4v) is 1.88. The number of rotatable bonds is 7. The molecule has 4 N–H and O–H groups in total. The second-order valence-corrected chi connectivity index (χ2v) is 4.94. The van der Waals surface area contributed by atoms with Crippen molar-refractivity contribution in [2.45, 2.75) is 32.2 Å². The monoisotopic (exact) mass is 267 g/mol. The molecule has 0 fully saturated rings. The normalized spacial score (nSPS) is 13.9. The minimum atomic E-state index is -0.970. The number of hydrogen-bond acceptors (Lipinski definition) is 3. The lowest BCUT2D eigenvalue weighted by Gasteiger charge is -2.26. The van der Waals surface area contributed by atoms with Crippen LogP contribution < -0.4 is 16.4 Å². The van der Waals surface area contributed by atoms with Gasteiger partial charge in [0.15, 0.2) is 0 Å². The third-order valence-electron chi connectivity index (χ3n) is 3.26. The van der Waals surface area contributed by atoms with Gasteiger partial charge in [-0.3, -0.25) is 4.79 Å². The van der Waals surface area contributed by atoms with Crippen molar-refractivity contribution in [1.82, 2.24) is 0 Å². The van der Waals surface area contributed by atoms with Gasteiger partial charge < -0.3 is 16.4 Å². The van der Waals surface area contributed by atoms with E-state index in [0.717, 1.165) is 25.2 Å². The van der Waals surface area contributed by atoms with Gasteiger partial charge in [-0.05, 0) is 51.0 Å². The van der Waals surface area contributed by atoms with Gasteiger partial charge in [0.25, 0.3) is 0 Å². The van der Waals surface area contributed by atoms with Gasteiger partial charge >= 0.3 is 0 Å². The summed E-state index contributed by atoms with van der Waals surface area (Å²) in [5, 5.41) is 0. The highest BCUT2D eigenvalue weighted by molar-refractivity contribution is 5.83. The first kappa shape index (κ1) is 15.4. The van der Waals surface area contributed by atoms with E-state index in [9.17, 15) is 9.18 Å². The Bertz CT molecular complexity index is 417. The van der Waals surface area contributed by atoms with Crippen molar-refractivity contribution in [3.63, 3.8) is 0 Å². The van der Waals surface area contributed by atoms with Crippen LogP contribution in [0.5, 0.6) is 0 Å². The fourth-order valence-electron chi connectivity index (χ4n) is 1.88. The van der Waals surface area contributed by atoms with E-state index in [2.05, 4.69) is 4.90 Å². The van der Waals surface area contributed by atoms with Crippen LogP contribution in [0.25, 0.3) is 0 Å². The summed E-state index contributed by atoms with van der Waals surface area (Å²) in [6.07, 6.45) is 1.28. The molecular formula is C14H22FN3O. The molecule has 1 atom stereocenters. The van der Waals surface area contributed by atoms with E-state index in [4.69, 9.17) is 11.5 Å². The van der Waals surface area contributed by atoms with Crippen LogP contribution in [0, 0.1) is 5.82 Å². The number of halogens is 1. The van der Waals surface area contributed by atoms with Gasteiger partial charge in [0, 0.05) is 18.8 Å². The van der Waals surface area contributed by atoms with E-state index in [0.29, 0.717) is 6.42 Å². The zero-order chi connectivity index (χ0) is 14.5. The summed E-state index contributed by atoms with van der Waals surface area (Å²) >= 11 is 0. The number of primary amides is 1. The van der Waals surface area contributed by atoms with Crippen molar-refractivity contribution in [2.24, 2.45) is 11.5 Å². The summed E-state index contributed by atoms with van der Waals surface area (Å²) in [6, 6.07) is 6.37. The second kappa shape index (κ2) is 6.52. The zero-order valence-electron chi connectivity index (χ0n) is 11.5. The van der Waals surface area contributed by atoms with Crippen LogP contribution in [-0.2, 0) is 4.79 Å². The molecule has 5 heteroatoms. The second-order valence-electron chi connectivity index (χ2n) is 4.94. The molecule has 1 amide bonds. The number of nitrogens with zero attached hydrogens (tertiary/aromatic N) is 1. The van der Waals surface area contributed by atoms with Crippen LogP contribution >= 0.6 is 0 Å². The minimum Gasteiger partial charge on any atom is -0.372 e. The largest absolute Gasteiger partial charge is 0.372 e. The first-order valence-corrected chi connectivity index (χ1v) is 6.46. The fraction of sp³-hybridized carbons (Fsp3) is 0.500. The molecule has 106 valence electrons. The van der Waals surface area contributed by atoms with Crippen molar-refractivity contribution in [3.05, 3.63) is 30.1 Å². The summed E-state index contributed by atoms with van der Waals surface area (Å²) in [7, 11) is 0. The quantitative estimate of drug-likeness (QED) is 0.788. The van der Waals surface area contributed by atoms with Crippen molar-refractivity contribution in [3.8, 4) is 0 Å². The molecule has 1 unspecified atom stereocenters. The van der Waals surface area contributed by atoms with E-state index in [-0.39, 0.29) is 5.82 Å². The highest BCUT2D eigenvalue weighted by Crippen LogP contribution is 2.16. The van der Waals surface area contributed by atoms with Crippen molar-refractivity contribution < 1.29 is 9.18 Å². The van der Waals surface area contributed by atoms with Crippen LogP contribution in [-0.4, -0.2) is 24.5 Å². The number of nitrogens with two attached hydrogens (primary N) is 2. The summed E-state index contributed by atoms with van der Waals surface area (Å²) in [6.45, 7) is 5.23. The van der Waals surface area contributed by atoms with Crippen LogP contribution in [0.15, 0.2) is 24.3 Å². The molecule has 1 aromatic carbocycles. The number of amides is 1. The van der Waals surface area contributed by atoms with E-state index in [1.807, 2.05) is 6.92 Å². The Morgan fingerprint density at radius 1 is 1.37 bits per heavy atom. The molecular weight excluding hydrogens is 245 g/mol. The molecule has 0 aliphatic carbocycles. The van der Waals surface area contributed by atoms with Gasteiger partial charge in [-0.15, -0.1) is 0 Å². The molecule has 0 aliphatic heterocycles. The van der Waals surface area contributed by atoms with Crippen LogP contribution in [0.3, 0.4) is 0 Å². The van der Waals surface area contributed by atoms with Crippen LogP contribution in [0.1, 0.15) is 26.7 Å². The van der Waals surface area contributed by atoms with Gasteiger partial charge in [-0.1, -0.05) is 0 Å². The third-order valence-corrected chi connectivity index (χ3v) is 3.26. The van der Waals surface area contributed by atoms with Crippen molar-refractivity contribution in [2.75, 3.05) is 18.0 Å². The highest BCUT2D eigenvalue weighted by atomic mass is 19.1. The maximum atomic E-state index is 12.9. The molecule has 0 heterocycles. The molecule has 1 rings (SSSR count). The van der Waals surface area contributed by atoms with E-state index in [1.54, 1.807) is 19.1 Å². The lowest BCUT2D eigenvalue weighted by Crippen LogP contribution is -2.49. The first-order chi connectivity index (χ1) is 8.86. The smallest absolute Gasteiger partial charge is 0.237 e. The molecule has 0 spiro atoms. The SMILES string of the molecule is CCN(CCCC(C)(N)C(N)=O)c1ccc(F)cc1. The van der Waals surface area contributed by atoms with Gasteiger partial charge in [-0.2, -0.15) is 0 Å². The molecule has 4 nitrogen and oxygen atoms in total. The maximum Gasteiger partial charge on any atom is 0.237 e. The standard InChI is InChI=1S/C14H22FN3O/c1-3-18(12-7-5-11(15)6-8-12)10-4-9-14(2,17)13(16)19/h5-8H,3-4,9-10,17H2,1-2H3,(H2,16,19). The molecule has 0 saturated carbocycles. The third kappa shape index (κ3) is 4.52. The predicted molar refractivity (Wildman–Crippen MR) is 75.3 cm³/mol. The van der Waals surface area contributed by atoms with Crippen LogP contribution in [0.2, 0.25) is 0 Å². The number of carbonyl (C=O) groups is 1. The summed E-state index contributed by atoms with van der Waals surface area (Å²) in [5.41, 5.74) is 11.0. The predicted octanol–water partition coefficient (Wildman–Crippen LogP) is 1.63. The van der Waals surface area contributed by atoms with E-state index in [1.165, 1.54) is 12.1 Å². The number of carbonyl (C=O) groups excluding carboxylic acids is 1. The average molecular weight is 267 g/mol. The lowest BCUT2D eigenvalue weighted by molar-refractivity contribution is -0.122. The van der Waals surface area contributed by atoms with Gasteiger partial charge in [0.05, 0.1) is 5.54 Å². The highest BCUT2D eigenvalue weighted by Gasteiger charge is 2.24. The number of benzene rings is 1. The summed E-state index contributed by atoms with van der Waals surface area (Å²) in [4.78, 5) is 13.2. The summed E-state index contributed by atoms with van der Waals surface area (Å²) < 4.78 is 12.9. The summed E-state index contributed by atoms with van der Waals surface area (Å²) in [5.74, 6) is -0.736. The van der Waals surface area contributed by atoms with Gasteiger partial charge in [0.1, 0.15) is 5.82 Å². The molecule has 0 aromatic heterocycles. The molecule has 19 heavy (non-hydrogen) atoms. The molecule has 0 radical (unpaired) electrons. The Morgan fingerprint density at radius 3 is 2.42 bits per heavy atom. The maximum absolute atomic E-state index is 12.9. The Labute approximate surface area is 113 Å². The van der Waals surface area contributed by atoms with Crippen molar-refractivity contribution >= 4 is 11.6 Å². The average Bonchev–Trinajstić information content (AvgIpc) is 2.36. The van der Waals surface area contributed by atoms with Gasteiger partial charge in [-0.25, -0.2) is 4.39 Å². The van der Waals surface area contributed by atoms with E-state index >= 15 is 0 Å². The molecule has 0 aliphatic rings. The Hall–Kier alpha value is -1.62. The topological polar surface area (TPSA) is 72.3 Å². The number of hydrogen-bond donors (Lipinski definition) is 2. The Balaban J connectivity index is 2.54. The first-order valence-electron chi connectivity index (χ1n) is 6.46. The minimum absolute atomic E-state index is 0.247. The van der Waals surface area contributed by atoms with Crippen molar-refractivity contribution in [1.29, 1.82) is 0 Å². The lowest BCUT2D eigenvalue weighted by atomic mass is 9.96.